The van der Waals surface area contributed by atoms with E-state index < -0.39 is 23.6 Å². The number of urea groups is 1. The van der Waals surface area contributed by atoms with Crippen molar-refractivity contribution in [2.24, 2.45) is 0 Å². The van der Waals surface area contributed by atoms with Crippen LogP contribution in [0, 0.1) is 11.6 Å². The Hall–Kier alpha value is -4.53. The van der Waals surface area contributed by atoms with Gasteiger partial charge in [0.15, 0.2) is 0 Å². The standard InChI is InChI=1S/C27H25F2N5O2/c1-2-15-33(27(36)30-23-14-13-20(28)16-22(23)29)18-26(35)31-25-17-24(19-9-5-3-6-10-19)32-34(25)21-11-7-4-8-12-21/h3-14,16-17H,2,15,18H2,1H3,(H,30,36)(H,31,35). The molecule has 0 aliphatic rings. The summed E-state index contributed by atoms with van der Waals surface area (Å²) in [7, 11) is 0. The lowest BCUT2D eigenvalue weighted by atomic mass is 10.1. The molecule has 0 radical (unpaired) electrons. The van der Waals surface area contributed by atoms with Crippen molar-refractivity contribution in [2.45, 2.75) is 13.3 Å². The number of carbonyl (C=O) groups is 2. The summed E-state index contributed by atoms with van der Waals surface area (Å²) in [6.07, 6.45) is 0.576. The maximum absolute atomic E-state index is 14.0. The fourth-order valence-corrected chi connectivity index (χ4v) is 3.65. The highest BCUT2D eigenvalue weighted by Crippen LogP contribution is 2.25. The second kappa shape index (κ2) is 11.3. The molecule has 0 atom stereocenters. The summed E-state index contributed by atoms with van der Waals surface area (Å²) < 4.78 is 28.8. The first-order valence-electron chi connectivity index (χ1n) is 11.5. The zero-order chi connectivity index (χ0) is 25.5. The molecule has 9 heteroatoms. The summed E-state index contributed by atoms with van der Waals surface area (Å²) >= 11 is 0. The maximum Gasteiger partial charge on any atom is 0.322 e. The molecule has 0 unspecified atom stereocenters. The lowest BCUT2D eigenvalue weighted by Crippen LogP contribution is -2.41. The molecule has 1 heterocycles. The highest BCUT2D eigenvalue weighted by atomic mass is 19.1. The van der Waals surface area contributed by atoms with E-state index in [0.717, 1.165) is 23.4 Å². The molecule has 0 spiro atoms. The first kappa shape index (κ1) is 24.6. The lowest BCUT2D eigenvalue weighted by molar-refractivity contribution is -0.116. The van der Waals surface area contributed by atoms with Gasteiger partial charge in [0, 0.05) is 24.2 Å². The average Bonchev–Trinajstić information content (AvgIpc) is 3.30. The Kier molecular flexibility index (Phi) is 7.69. The molecule has 0 bridgehead atoms. The van der Waals surface area contributed by atoms with Gasteiger partial charge in [0.2, 0.25) is 5.91 Å². The largest absolute Gasteiger partial charge is 0.322 e. The number of rotatable bonds is 8. The molecule has 0 saturated carbocycles. The predicted octanol–water partition coefficient (Wildman–Crippen LogP) is 5.70. The van der Waals surface area contributed by atoms with Gasteiger partial charge in [0.1, 0.15) is 24.0 Å². The number of benzene rings is 3. The number of hydrogen-bond acceptors (Lipinski definition) is 3. The van der Waals surface area contributed by atoms with Crippen molar-refractivity contribution in [1.29, 1.82) is 0 Å². The Morgan fingerprint density at radius 3 is 2.28 bits per heavy atom. The third kappa shape index (κ3) is 5.93. The van der Waals surface area contributed by atoms with Gasteiger partial charge in [-0.1, -0.05) is 55.5 Å². The SMILES string of the molecule is CCCN(CC(=O)Nc1cc(-c2ccccc2)nn1-c1ccccc1)C(=O)Nc1ccc(F)cc1F. The Morgan fingerprint density at radius 2 is 1.61 bits per heavy atom. The fourth-order valence-electron chi connectivity index (χ4n) is 3.65. The summed E-state index contributed by atoms with van der Waals surface area (Å²) in [5, 5.41) is 9.91. The third-order valence-electron chi connectivity index (χ3n) is 5.34. The quantitative estimate of drug-likeness (QED) is 0.333. The van der Waals surface area contributed by atoms with Gasteiger partial charge in [-0.15, -0.1) is 0 Å². The van der Waals surface area contributed by atoms with Crippen LogP contribution in [-0.4, -0.2) is 39.7 Å². The molecule has 36 heavy (non-hydrogen) atoms. The summed E-state index contributed by atoms with van der Waals surface area (Å²) in [6, 6.07) is 22.9. The van der Waals surface area contributed by atoms with Crippen LogP contribution in [-0.2, 0) is 4.79 Å². The van der Waals surface area contributed by atoms with Crippen molar-refractivity contribution in [2.75, 3.05) is 23.7 Å². The second-order valence-corrected chi connectivity index (χ2v) is 8.05. The van der Waals surface area contributed by atoms with E-state index in [1.807, 2.05) is 67.6 Å². The highest BCUT2D eigenvalue weighted by molar-refractivity contribution is 5.97. The minimum absolute atomic E-state index is 0.169. The molecule has 2 N–H and O–H groups in total. The van der Waals surface area contributed by atoms with Gasteiger partial charge < -0.3 is 15.5 Å². The maximum atomic E-state index is 14.0. The highest BCUT2D eigenvalue weighted by Gasteiger charge is 2.20. The summed E-state index contributed by atoms with van der Waals surface area (Å²) in [5.41, 5.74) is 2.14. The number of amides is 3. The van der Waals surface area contributed by atoms with E-state index in [1.165, 1.54) is 4.90 Å². The van der Waals surface area contributed by atoms with Crippen molar-refractivity contribution in [3.8, 4) is 16.9 Å². The molecular formula is C27H25F2N5O2. The smallest absolute Gasteiger partial charge is 0.315 e. The zero-order valence-electron chi connectivity index (χ0n) is 19.6. The number of anilines is 2. The molecule has 7 nitrogen and oxygen atoms in total. The monoisotopic (exact) mass is 489 g/mol. The van der Waals surface area contributed by atoms with E-state index in [2.05, 4.69) is 15.7 Å². The van der Waals surface area contributed by atoms with Crippen molar-refractivity contribution in [3.05, 3.63) is 96.6 Å². The summed E-state index contributed by atoms with van der Waals surface area (Å²) in [4.78, 5) is 27.0. The molecule has 4 rings (SSSR count). The minimum atomic E-state index is -0.899. The van der Waals surface area contributed by atoms with Gasteiger partial charge in [0.25, 0.3) is 0 Å². The van der Waals surface area contributed by atoms with Crippen LogP contribution >= 0.6 is 0 Å². The van der Waals surface area contributed by atoms with Gasteiger partial charge in [-0.2, -0.15) is 5.10 Å². The van der Waals surface area contributed by atoms with Crippen LogP contribution in [0.5, 0.6) is 0 Å². The number of nitrogens with zero attached hydrogens (tertiary/aromatic N) is 3. The molecule has 1 aromatic heterocycles. The zero-order valence-corrected chi connectivity index (χ0v) is 19.6. The number of para-hydroxylation sites is 1. The van der Waals surface area contributed by atoms with Gasteiger partial charge >= 0.3 is 6.03 Å². The van der Waals surface area contributed by atoms with Gasteiger partial charge in [-0.25, -0.2) is 18.3 Å². The van der Waals surface area contributed by atoms with Crippen LogP contribution in [0.1, 0.15) is 13.3 Å². The van der Waals surface area contributed by atoms with Gasteiger partial charge in [-0.3, -0.25) is 4.79 Å². The van der Waals surface area contributed by atoms with Crippen LogP contribution < -0.4 is 10.6 Å². The van der Waals surface area contributed by atoms with E-state index in [0.29, 0.717) is 24.0 Å². The van der Waals surface area contributed by atoms with E-state index >= 15 is 0 Å². The Bertz CT molecular complexity index is 1340. The van der Waals surface area contributed by atoms with Crippen LogP contribution in [0.2, 0.25) is 0 Å². The van der Waals surface area contributed by atoms with Crippen LogP contribution in [0.4, 0.5) is 25.1 Å². The minimum Gasteiger partial charge on any atom is -0.315 e. The number of aromatic nitrogens is 2. The van der Waals surface area contributed by atoms with Crippen molar-refractivity contribution >= 4 is 23.4 Å². The molecule has 3 aromatic carbocycles. The van der Waals surface area contributed by atoms with Crippen LogP contribution in [0.25, 0.3) is 16.9 Å². The van der Waals surface area contributed by atoms with Crippen LogP contribution in [0.3, 0.4) is 0 Å². The molecule has 0 fully saturated rings. The molecule has 184 valence electrons. The lowest BCUT2D eigenvalue weighted by Gasteiger charge is -2.22. The van der Waals surface area contributed by atoms with Gasteiger partial charge in [-0.05, 0) is 30.7 Å². The summed E-state index contributed by atoms with van der Waals surface area (Å²) in [6.45, 7) is 1.84. The van der Waals surface area contributed by atoms with E-state index in [1.54, 1.807) is 10.7 Å². The van der Waals surface area contributed by atoms with E-state index in [9.17, 15) is 18.4 Å². The predicted molar refractivity (Wildman–Crippen MR) is 135 cm³/mol. The normalized spacial score (nSPS) is 10.6. The van der Waals surface area contributed by atoms with Crippen molar-refractivity contribution in [1.82, 2.24) is 14.7 Å². The second-order valence-electron chi connectivity index (χ2n) is 8.05. The number of nitrogens with one attached hydrogen (secondary N) is 2. The number of hydrogen-bond donors (Lipinski definition) is 2. The van der Waals surface area contributed by atoms with E-state index in [-0.39, 0.29) is 18.8 Å². The van der Waals surface area contributed by atoms with Crippen molar-refractivity contribution < 1.29 is 18.4 Å². The molecule has 4 aromatic rings. The van der Waals surface area contributed by atoms with E-state index in [4.69, 9.17) is 0 Å². The molecule has 3 amide bonds. The Morgan fingerprint density at radius 1 is 0.917 bits per heavy atom. The summed E-state index contributed by atoms with van der Waals surface area (Å²) in [5.74, 6) is -1.66. The number of carbonyl (C=O) groups excluding carboxylic acids is 2. The molecular weight excluding hydrogens is 464 g/mol. The first-order chi connectivity index (χ1) is 17.4. The Labute approximate surface area is 207 Å². The average molecular weight is 490 g/mol. The molecule has 0 saturated heterocycles. The number of halogens is 2. The Balaban J connectivity index is 1.53. The van der Waals surface area contributed by atoms with Gasteiger partial charge in [0.05, 0.1) is 17.1 Å². The molecule has 0 aliphatic carbocycles. The first-order valence-corrected chi connectivity index (χ1v) is 11.5. The fraction of sp³-hybridized carbons (Fsp3) is 0.148. The molecule has 0 aliphatic heterocycles. The van der Waals surface area contributed by atoms with Crippen molar-refractivity contribution in [3.63, 3.8) is 0 Å². The third-order valence-corrected chi connectivity index (χ3v) is 5.34. The topological polar surface area (TPSA) is 79.3 Å². The van der Waals surface area contributed by atoms with Crippen LogP contribution in [0.15, 0.2) is 84.9 Å².